The van der Waals surface area contributed by atoms with Crippen LogP contribution in [-0.4, -0.2) is 63.9 Å². The maximum atomic E-state index is 14.8. The van der Waals surface area contributed by atoms with Crippen LogP contribution in [0.1, 0.15) is 42.4 Å². The Morgan fingerprint density at radius 2 is 1.87 bits per heavy atom. The quantitative estimate of drug-likeness (QED) is 0.352. The molecule has 1 aliphatic heterocycles. The second-order valence-corrected chi connectivity index (χ2v) is 9.66. The fourth-order valence-electron chi connectivity index (χ4n) is 4.51. The molecule has 38 heavy (non-hydrogen) atoms. The second-order valence-electron chi connectivity index (χ2n) is 9.66. The van der Waals surface area contributed by atoms with Crippen LogP contribution in [0.2, 0.25) is 0 Å². The van der Waals surface area contributed by atoms with Crippen LogP contribution in [0.3, 0.4) is 0 Å². The molecule has 1 aliphatic rings. The summed E-state index contributed by atoms with van der Waals surface area (Å²) in [6.07, 6.45) is 4.41. The molecule has 0 spiro atoms. The Bertz CT molecular complexity index is 1390. The summed E-state index contributed by atoms with van der Waals surface area (Å²) in [5.41, 5.74) is 2.32. The predicted molar refractivity (Wildman–Crippen MR) is 146 cm³/mol. The highest BCUT2D eigenvalue weighted by molar-refractivity contribution is 5.87. The number of hydrogen-bond acceptors (Lipinski definition) is 7. The molecular weight excluding hydrogens is 488 g/mol. The Morgan fingerprint density at radius 3 is 2.58 bits per heavy atom. The van der Waals surface area contributed by atoms with E-state index in [2.05, 4.69) is 37.5 Å². The summed E-state index contributed by atoms with van der Waals surface area (Å²) >= 11 is 0. The van der Waals surface area contributed by atoms with Crippen molar-refractivity contribution in [3.05, 3.63) is 65.6 Å². The Balaban J connectivity index is 0.000000360. The van der Waals surface area contributed by atoms with Crippen LogP contribution in [0, 0.1) is 18.6 Å². The zero-order valence-electron chi connectivity index (χ0n) is 22.1. The Morgan fingerprint density at radius 1 is 1.05 bits per heavy atom. The molecule has 5 rings (SSSR count). The molecule has 0 unspecified atom stereocenters. The molecule has 0 atom stereocenters. The first kappa shape index (κ1) is 27.3. The lowest BCUT2D eigenvalue weighted by Gasteiger charge is -2.13. The zero-order valence-corrected chi connectivity index (χ0v) is 22.1. The van der Waals surface area contributed by atoms with Crippen LogP contribution in [0.5, 0.6) is 0 Å². The van der Waals surface area contributed by atoms with E-state index in [0.29, 0.717) is 34.1 Å². The van der Waals surface area contributed by atoms with Gasteiger partial charge in [0.2, 0.25) is 5.95 Å². The molecule has 4 heterocycles. The second kappa shape index (κ2) is 12.2. The van der Waals surface area contributed by atoms with E-state index in [1.165, 1.54) is 38.3 Å². The average molecular weight is 522 g/mol. The highest BCUT2D eigenvalue weighted by atomic mass is 19.1. The number of rotatable bonds is 5. The normalized spacial score (nSPS) is 14.2. The van der Waals surface area contributed by atoms with E-state index < -0.39 is 11.6 Å². The summed E-state index contributed by atoms with van der Waals surface area (Å²) in [7, 11) is 2.17. The number of aldehydes is 1. The summed E-state index contributed by atoms with van der Waals surface area (Å²) < 4.78 is 31.4. The molecule has 4 aromatic rings. The molecule has 0 radical (unpaired) electrons. The van der Waals surface area contributed by atoms with Gasteiger partial charge in [-0.1, -0.05) is 0 Å². The lowest BCUT2D eigenvalue weighted by molar-refractivity contribution is 0.112. The highest BCUT2D eigenvalue weighted by Crippen LogP contribution is 2.32. The third-order valence-corrected chi connectivity index (χ3v) is 6.36. The molecule has 0 aliphatic carbocycles. The van der Waals surface area contributed by atoms with Crippen LogP contribution in [0.4, 0.5) is 20.5 Å². The summed E-state index contributed by atoms with van der Waals surface area (Å²) in [6, 6.07) is 8.08. The number of carbonyl (C=O) groups excluding carboxylic acids is 1. The van der Waals surface area contributed by atoms with E-state index >= 15 is 0 Å². The molecule has 3 aromatic heterocycles. The van der Waals surface area contributed by atoms with Gasteiger partial charge in [-0.25, -0.2) is 23.7 Å². The SMILES string of the molecule is CN1CCCNCC1.Cc1cc2c(F)cc(-c3nc(Nc4ccc(C=O)cn4)ncc3F)cc2n1C(C)C. The Kier molecular flexibility index (Phi) is 8.75. The van der Waals surface area contributed by atoms with Crippen molar-refractivity contribution in [3.8, 4) is 11.3 Å². The van der Waals surface area contributed by atoms with E-state index in [1.54, 1.807) is 24.3 Å². The van der Waals surface area contributed by atoms with Gasteiger partial charge in [-0.3, -0.25) is 4.79 Å². The van der Waals surface area contributed by atoms with Crippen molar-refractivity contribution in [1.82, 2.24) is 29.7 Å². The number of nitrogens with zero attached hydrogens (tertiary/aromatic N) is 5. The van der Waals surface area contributed by atoms with E-state index in [9.17, 15) is 13.6 Å². The molecule has 0 bridgehead atoms. The van der Waals surface area contributed by atoms with Gasteiger partial charge in [-0.2, -0.15) is 0 Å². The van der Waals surface area contributed by atoms with Gasteiger partial charge in [-0.05, 0) is 77.7 Å². The zero-order chi connectivity index (χ0) is 27.2. The molecular formula is C28H33F2N7O. The van der Waals surface area contributed by atoms with Gasteiger partial charge < -0.3 is 20.1 Å². The first-order chi connectivity index (χ1) is 18.3. The van der Waals surface area contributed by atoms with Crippen molar-refractivity contribution in [2.24, 2.45) is 0 Å². The van der Waals surface area contributed by atoms with Crippen molar-refractivity contribution >= 4 is 29.0 Å². The van der Waals surface area contributed by atoms with Crippen LogP contribution >= 0.6 is 0 Å². The van der Waals surface area contributed by atoms with Crippen LogP contribution < -0.4 is 10.6 Å². The summed E-state index contributed by atoms with van der Waals surface area (Å²) in [4.78, 5) is 25.3. The van der Waals surface area contributed by atoms with Gasteiger partial charge in [0, 0.05) is 47.5 Å². The number of pyridine rings is 1. The lowest BCUT2D eigenvalue weighted by Crippen LogP contribution is -2.23. The standard InChI is InChI=1S/C22H19F2N5O.C6H14N2/c1-12(2)29-13(3)6-16-17(23)7-15(8-19(16)29)21-18(24)10-26-22(28-21)27-20-5-4-14(11-30)9-25-20;1-8-5-2-3-7-4-6-8/h4-12H,1-3H3,(H,25,26,27,28);7H,2-6H2,1H3. The summed E-state index contributed by atoms with van der Waals surface area (Å²) in [5, 5.41) is 6.68. The first-order valence-corrected chi connectivity index (χ1v) is 12.7. The van der Waals surface area contributed by atoms with Crippen LogP contribution in [0.15, 0.2) is 42.7 Å². The topological polar surface area (TPSA) is 88.0 Å². The molecule has 10 heteroatoms. The largest absolute Gasteiger partial charge is 0.342 e. The molecule has 1 fully saturated rings. The number of anilines is 2. The predicted octanol–water partition coefficient (Wildman–Crippen LogP) is 5.13. The van der Waals surface area contributed by atoms with Crippen LogP contribution in [0.25, 0.3) is 22.2 Å². The number of hydrogen-bond donors (Lipinski definition) is 2. The van der Waals surface area contributed by atoms with Gasteiger partial charge >= 0.3 is 0 Å². The van der Waals surface area contributed by atoms with Crippen LogP contribution in [-0.2, 0) is 0 Å². The maximum Gasteiger partial charge on any atom is 0.229 e. The van der Waals surface area contributed by atoms with Gasteiger partial charge in [0.25, 0.3) is 0 Å². The molecule has 200 valence electrons. The first-order valence-electron chi connectivity index (χ1n) is 12.7. The molecule has 0 amide bonds. The third-order valence-electron chi connectivity index (χ3n) is 6.36. The van der Waals surface area contributed by atoms with Crippen molar-refractivity contribution in [2.75, 3.05) is 38.5 Å². The van der Waals surface area contributed by atoms with Gasteiger partial charge in [0.05, 0.1) is 11.7 Å². The number of nitrogens with one attached hydrogen (secondary N) is 2. The highest BCUT2D eigenvalue weighted by Gasteiger charge is 2.17. The molecule has 2 N–H and O–H groups in total. The smallest absolute Gasteiger partial charge is 0.229 e. The molecule has 1 aromatic carbocycles. The van der Waals surface area contributed by atoms with Crippen molar-refractivity contribution in [2.45, 2.75) is 33.2 Å². The van der Waals surface area contributed by atoms with Gasteiger partial charge in [-0.15, -0.1) is 0 Å². The number of aromatic nitrogens is 4. The minimum atomic E-state index is -0.664. The number of aryl methyl sites for hydroxylation is 1. The fourth-order valence-corrected chi connectivity index (χ4v) is 4.51. The van der Waals surface area contributed by atoms with E-state index in [0.717, 1.165) is 18.4 Å². The number of carbonyl (C=O) groups is 1. The van der Waals surface area contributed by atoms with Gasteiger partial charge in [0.1, 0.15) is 17.3 Å². The minimum Gasteiger partial charge on any atom is -0.342 e. The Labute approximate surface area is 221 Å². The van der Waals surface area contributed by atoms with E-state index in [-0.39, 0.29) is 17.7 Å². The third kappa shape index (κ3) is 6.38. The Hall–Kier alpha value is -3.76. The van der Waals surface area contributed by atoms with Crippen molar-refractivity contribution in [1.29, 1.82) is 0 Å². The number of likely N-dealkylation sites (N-methyl/N-ethyl adjacent to an activating group) is 1. The lowest BCUT2D eigenvalue weighted by atomic mass is 10.1. The number of fused-ring (bicyclic) bond motifs is 1. The minimum absolute atomic E-state index is 0.0213. The molecule has 0 saturated carbocycles. The molecule has 1 saturated heterocycles. The summed E-state index contributed by atoms with van der Waals surface area (Å²) in [5.74, 6) is -0.607. The molecule has 8 nitrogen and oxygen atoms in total. The van der Waals surface area contributed by atoms with Gasteiger partial charge in [0.15, 0.2) is 12.1 Å². The van der Waals surface area contributed by atoms with E-state index in [4.69, 9.17) is 0 Å². The summed E-state index contributed by atoms with van der Waals surface area (Å²) in [6.45, 7) is 10.8. The van der Waals surface area contributed by atoms with Crippen molar-refractivity contribution in [3.63, 3.8) is 0 Å². The monoisotopic (exact) mass is 521 g/mol. The fraction of sp³-hybridized carbons (Fsp3) is 0.357. The van der Waals surface area contributed by atoms with E-state index in [1.807, 2.05) is 25.3 Å². The van der Waals surface area contributed by atoms with Crippen molar-refractivity contribution < 1.29 is 13.6 Å². The average Bonchev–Trinajstić information content (AvgIpc) is 3.05. The number of halogens is 2. The number of benzene rings is 1. The maximum absolute atomic E-state index is 14.8.